The number of aromatic nitrogens is 3. The normalized spacial score (nSPS) is 14.4. The number of carbonyl (C=O) groups excluding carboxylic acids is 2. The zero-order valence-corrected chi connectivity index (χ0v) is 21.6. The molecule has 2 aromatic carbocycles. The SMILES string of the molecule is COc1cc(Cl)cc(C2Oc3nc(SC)nnc3-c3cc(Br)ccc3N2C(C)=O)c1OC(C)=O. The molecule has 176 valence electrons. The number of benzene rings is 2. The Hall–Kier alpha value is -2.89. The number of hydrogen-bond donors (Lipinski definition) is 0. The average molecular weight is 566 g/mol. The number of anilines is 1. The number of fused-ring (bicyclic) bond motifs is 3. The Bertz CT molecular complexity index is 1310. The van der Waals surface area contributed by atoms with Crippen LogP contribution in [0.5, 0.6) is 17.4 Å². The van der Waals surface area contributed by atoms with Crippen LogP contribution in [0, 0.1) is 0 Å². The van der Waals surface area contributed by atoms with Crippen LogP contribution in [-0.4, -0.2) is 40.4 Å². The summed E-state index contributed by atoms with van der Waals surface area (Å²) >= 11 is 11.1. The van der Waals surface area contributed by atoms with Gasteiger partial charge in [0.25, 0.3) is 0 Å². The molecule has 1 aliphatic rings. The van der Waals surface area contributed by atoms with Gasteiger partial charge >= 0.3 is 5.97 Å². The second-order valence-electron chi connectivity index (χ2n) is 7.09. The number of hydrogen-bond acceptors (Lipinski definition) is 9. The number of rotatable bonds is 4. The average Bonchev–Trinajstić information content (AvgIpc) is 2.93. The molecular formula is C22H18BrClN4O5S. The first kappa shape index (κ1) is 24.2. The maximum atomic E-state index is 13.0. The summed E-state index contributed by atoms with van der Waals surface area (Å²) in [6.45, 7) is 2.66. The van der Waals surface area contributed by atoms with Gasteiger partial charge in [0.1, 0.15) is 0 Å². The summed E-state index contributed by atoms with van der Waals surface area (Å²) < 4.78 is 18.0. The van der Waals surface area contributed by atoms with E-state index in [0.717, 1.165) is 4.47 Å². The Morgan fingerprint density at radius 2 is 1.97 bits per heavy atom. The summed E-state index contributed by atoms with van der Waals surface area (Å²) in [5, 5.41) is 9.14. The predicted octanol–water partition coefficient (Wildman–Crippen LogP) is 5.05. The Morgan fingerprint density at radius 1 is 1.21 bits per heavy atom. The molecule has 1 aliphatic heterocycles. The zero-order chi connectivity index (χ0) is 24.6. The van der Waals surface area contributed by atoms with Crippen molar-refractivity contribution in [2.24, 2.45) is 0 Å². The van der Waals surface area contributed by atoms with E-state index >= 15 is 0 Å². The van der Waals surface area contributed by atoms with Crippen LogP contribution >= 0.6 is 39.3 Å². The second kappa shape index (κ2) is 9.77. The Morgan fingerprint density at radius 3 is 2.62 bits per heavy atom. The molecule has 0 aliphatic carbocycles. The van der Waals surface area contributed by atoms with E-state index in [4.69, 9.17) is 25.8 Å². The molecule has 1 atom stereocenters. The molecule has 0 saturated heterocycles. The Kier molecular flexibility index (Phi) is 6.96. The number of esters is 1. The van der Waals surface area contributed by atoms with Crippen molar-refractivity contribution >= 4 is 56.9 Å². The van der Waals surface area contributed by atoms with E-state index in [-0.39, 0.29) is 23.3 Å². The molecule has 0 radical (unpaired) electrons. The number of nitrogens with zero attached hydrogens (tertiary/aromatic N) is 4. The van der Waals surface area contributed by atoms with Gasteiger partial charge in [-0.15, -0.1) is 10.2 Å². The third-order valence-electron chi connectivity index (χ3n) is 4.87. The van der Waals surface area contributed by atoms with E-state index in [1.54, 1.807) is 24.3 Å². The maximum absolute atomic E-state index is 13.0. The lowest BCUT2D eigenvalue weighted by atomic mass is 10.1. The molecule has 0 bridgehead atoms. The van der Waals surface area contributed by atoms with E-state index in [2.05, 4.69) is 31.1 Å². The fourth-order valence-electron chi connectivity index (χ4n) is 3.54. The maximum Gasteiger partial charge on any atom is 0.308 e. The van der Waals surface area contributed by atoms with E-state index < -0.39 is 12.2 Å². The van der Waals surface area contributed by atoms with Gasteiger partial charge in [-0.25, -0.2) is 0 Å². The highest BCUT2D eigenvalue weighted by atomic mass is 79.9. The van der Waals surface area contributed by atoms with E-state index in [1.807, 2.05) is 6.26 Å². The molecule has 34 heavy (non-hydrogen) atoms. The minimum absolute atomic E-state index is 0.0740. The highest BCUT2D eigenvalue weighted by Gasteiger charge is 2.37. The largest absolute Gasteiger partial charge is 0.493 e. The minimum Gasteiger partial charge on any atom is -0.493 e. The molecule has 0 N–H and O–H groups in total. The van der Waals surface area contributed by atoms with Crippen LogP contribution in [0.3, 0.4) is 0 Å². The molecule has 0 fully saturated rings. The minimum atomic E-state index is -1.12. The molecule has 2 heterocycles. The number of thioether (sulfide) groups is 1. The first-order valence-corrected chi connectivity index (χ1v) is 12.2. The van der Waals surface area contributed by atoms with Gasteiger partial charge in [-0.2, -0.15) is 4.98 Å². The van der Waals surface area contributed by atoms with Gasteiger partial charge in [-0.3, -0.25) is 14.5 Å². The van der Waals surface area contributed by atoms with Crippen LogP contribution in [0.1, 0.15) is 25.6 Å². The quantitative estimate of drug-likeness (QED) is 0.244. The summed E-state index contributed by atoms with van der Waals surface area (Å²) in [5.41, 5.74) is 1.73. The lowest BCUT2D eigenvalue weighted by molar-refractivity contribution is -0.132. The van der Waals surface area contributed by atoms with Gasteiger partial charge in [-0.1, -0.05) is 39.3 Å². The van der Waals surface area contributed by atoms with Gasteiger partial charge in [-0.05, 0) is 30.5 Å². The molecule has 1 aromatic heterocycles. The summed E-state index contributed by atoms with van der Waals surface area (Å²) in [6, 6.07) is 8.41. The van der Waals surface area contributed by atoms with Crippen molar-refractivity contribution in [2.45, 2.75) is 25.2 Å². The van der Waals surface area contributed by atoms with Crippen LogP contribution in [-0.2, 0) is 9.59 Å². The fourth-order valence-corrected chi connectivity index (χ4v) is 4.42. The molecule has 0 spiro atoms. The van der Waals surface area contributed by atoms with Gasteiger partial charge in [0.2, 0.25) is 23.2 Å². The summed E-state index contributed by atoms with van der Waals surface area (Å²) in [5.74, 6) is -0.489. The first-order chi connectivity index (χ1) is 16.2. The van der Waals surface area contributed by atoms with Crippen molar-refractivity contribution in [2.75, 3.05) is 18.3 Å². The van der Waals surface area contributed by atoms with Crippen molar-refractivity contribution in [1.82, 2.24) is 15.2 Å². The number of carbonyl (C=O) groups is 2. The third kappa shape index (κ3) is 4.55. The van der Waals surface area contributed by atoms with Gasteiger partial charge < -0.3 is 14.2 Å². The zero-order valence-electron chi connectivity index (χ0n) is 18.5. The number of ether oxygens (including phenoxy) is 3. The van der Waals surface area contributed by atoms with Crippen LogP contribution < -0.4 is 19.1 Å². The van der Waals surface area contributed by atoms with E-state index in [9.17, 15) is 9.59 Å². The van der Waals surface area contributed by atoms with E-state index in [1.165, 1.54) is 43.7 Å². The van der Waals surface area contributed by atoms with Crippen LogP contribution in [0.2, 0.25) is 5.02 Å². The number of methoxy groups -OCH3 is 1. The summed E-state index contributed by atoms with van der Waals surface area (Å²) in [7, 11) is 1.42. The van der Waals surface area contributed by atoms with Crippen molar-refractivity contribution < 1.29 is 23.8 Å². The highest BCUT2D eigenvalue weighted by Crippen LogP contribution is 2.48. The predicted molar refractivity (Wildman–Crippen MR) is 131 cm³/mol. The van der Waals surface area contributed by atoms with Crippen molar-refractivity contribution in [3.8, 4) is 28.6 Å². The smallest absolute Gasteiger partial charge is 0.308 e. The lowest BCUT2D eigenvalue weighted by Crippen LogP contribution is -2.36. The molecule has 4 rings (SSSR count). The number of halogens is 2. The Balaban J connectivity index is 2.05. The van der Waals surface area contributed by atoms with Crippen molar-refractivity contribution in [1.29, 1.82) is 0 Å². The monoisotopic (exact) mass is 564 g/mol. The van der Waals surface area contributed by atoms with Crippen LogP contribution in [0.25, 0.3) is 11.3 Å². The van der Waals surface area contributed by atoms with E-state index in [0.29, 0.717) is 32.7 Å². The molecular weight excluding hydrogens is 548 g/mol. The van der Waals surface area contributed by atoms with Gasteiger partial charge in [0.15, 0.2) is 17.2 Å². The standard InChI is InChI=1S/C22H18BrClN4O5S/c1-10(29)28-16-6-5-12(23)7-14(16)18-20(25-22(34-4)27-26-18)33-21(28)15-8-13(24)9-17(31-3)19(15)32-11(2)30/h5-9,21H,1-4H3. The lowest BCUT2D eigenvalue weighted by Gasteiger charge is -2.31. The molecule has 0 saturated carbocycles. The summed E-state index contributed by atoms with van der Waals surface area (Å²) in [4.78, 5) is 30.9. The van der Waals surface area contributed by atoms with Gasteiger partial charge in [0.05, 0.1) is 18.4 Å². The summed E-state index contributed by atoms with van der Waals surface area (Å²) in [6.07, 6.45) is 0.692. The molecule has 9 nitrogen and oxygen atoms in total. The molecule has 12 heteroatoms. The first-order valence-electron chi connectivity index (χ1n) is 9.84. The highest BCUT2D eigenvalue weighted by molar-refractivity contribution is 9.10. The van der Waals surface area contributed by atoms with Crippen molar-refractivity contribution in [3.05, 3.63) is 45.4 Å². The second-order valence-corrected chi connectivity index (χ2v) is 9.22. The van der Waals surface area contributed by atoms with Crippen LogP contribution in [0.15, 0.2) is 40.0 Å². The fraction of sp³-hybridized carbons (Fsp3) is 0.227. The van der Waals surface area contributed by atoms with Crippen molar-refractivity contribution in [3.63, 3.8) is 0 Å². The van der Waals surface area contributed by atoms with Crippen LogP contribution in [0.4, 0.5) is 5.69 Å². The van der Waals surface area contributed by atoms with Gasteiger partial charge in [0, 0.05) is 35.0 Å². The molecule has 1 unspecified atom stereocenters. The molecule has 3 aromatic rings. The topological polar surface area (TPSA) is 104 Å². The third-order valence-corrected chi connectivity index (χ3v) is 6.12. The molecule has 1 amide bonds. The number of amides is 1. The Labute approximate surface area is 212 Å².